The van der Waals surface area contributed by atoms with E-state index < -0.39 is 28.6 Å². The van der Waals surface area contributed by atoms with Crippen molar-refractivity contribution in [3.8, 4) is 5.75 Å². The van der Waals surface area contributed by atoms with E-state index in [0.29, 0.717) is 11.1 Å². The van der Waals surface area contributed by atoms with Crippen LogP contribution in [0.3, 0.4) is 0 Å². The Hall–Kier alpha value is -2.52. The van der Waals surface area contributed by atoms with Crippen LogP contribution in [0.1, 0.15) is 34.5 Å². The molecule has 0 aliphatic heterocycles. The zero-order valence-corrected chi connectivity index (χ0v) is 15.8. The molecule has 0 saturated heterocycles. The van der Waals surface area contributed by atoms with Gasteiger partial charge in [-0.1, -0.05) is 18.2 Å². The van der Waals surface area contributed by atoms with Gasteiger partial charge in [0.25, 0.3) is 5.91 Å². The van der Waals surface area contributed by atoms with Gasteiger partial charge in [0.05, 0.1) is 10.9 Å². The van der Waals surface area contributed by atoms with Gasteiger partial charge in [0.1, 0.15) is 5.75 Å². The molecule has 0 fully saturated rings. The Balaban J connectivity index is 2.18. The lowest BCUT2D eigenvalue weighted by atomic mass is 10.1. The number of hydrogen-bond donors (Lipinski definition) is 2. The Kier molecular flexibility index (Phi) is 6.50. The van der Waals surface area contributed by atoms with Crippen LogP contribution in [0.15, 0.2) is 47.4 Å². The summed E-state index contributed by atoms with van der Waals surface area (Å²) in [6.07, 6.45) is 0. The topological polar surface area (TPSA) is 84.5 Å². The standard InChI is InChI=1S/C18H20F2N2O4S/c1-11-4-9-15(27(24,25)21-3)10-16(11)17(23)22-12(2)13-5-7-14(8-6-13)26-18(19)20/h4-10,12,18,21H,1-3H3,(H,22,23). The second-order valence-electron chi connectivity index (χ2n) is 5.83. The number of amides is 1. The number of nitrogens with one attached hydrogen (secondary N) is 2. The van der Waals surface area contributed by atoms with E-state index in [1.807, 2.05) is 0 Å². The molecule has 6 nitrogen and oxygen atoms in total. The first kappa shape index (κ1) is 20.8. The van der Waals surface area contributed by atoms with Crippen molar-refractivity contribution in [1.29, 1.82) is 0 Å². The molecule has 0 aromatic heterocycles. The van der Waals surface area contributed by atoms with Crippen molar-refractivity contribution in [2.45, 2.75) is 31.4 Å². The fraction of sp³-hybridized carbons (Fsp3) is 0.278. The fourth-order valence-electron chi connectivity index (χ4n) is 2.43. The van der Waals surface area contributed by atoms with Crippen LogP contribution in [-0.2, 0) is 10.0 Å². The summed E-state index contributed by atoms with van der Waals surface area (Å²) >= 11 is 0. The molecule has 2 aromatic rings. The van der Waals surface area contributed by atoms with Crippen LogP contribution in [0.4, 0.5) is 8.78 Å². The van der Waals surface area contributed by atoms with Gasteiger partial charge in [-0.05, 0) is 56.3 Å². The number of ether oxygens (including phenoxy) is 1. The molecule has 2 rings (SSSR count). The van der Waals surface area contributed by atoms with Crippen LogP contribution in [0, 0.1) is 6.92 Å². The van der Waals surface area contributed by atoms with Crippen molar-refractivity contribution in [3.63, 3.8) is 0 Å². The molecular weight excluding hydrogens is 378 g/mol. The van der Waals surface area contributed by atoms with E-state index in [0.717, 1.165) is 0 Å². The Labute approximate surface area is 156 Å². The molecule has 0 radical (unpaired) electrons. The number of benzene rings is 2. The maximum Gasteiger partial charge on any atom is 0.387 e. The molecule has 1 amide bonds. The van der Waals surface area contributed by atoms with Crippen molar-refractivity contribution in [3.05, 3.63) is 59.2 Å². The third-order valence-corrected chi connectivity index (χ3v) is 5.40. The minimum absolute atomic E-state index is 0.0121. The van der Waals surface area contributed by atoms with E-state index in [9.17, 15) is 22.0 Å². The molecule has 9 heteroatoms. The van der Waals surface area contributed by atoms with Gasteiger partial charge in [-0.25, -0.2) is 13.1 Å². The summed E-state index contributed by atoms with van der Waals surface area (Å²) in [6.45, 7) is 0.521. The highest BCUT2D eigenvalue weighted by Crippen LogP contribution is 2.21. The van der Waals surface area contributed by atoms with Crippen LogP contribution < -0.4 is 14.8 Å². The average molecular weight is 398 g/mol. The molecule has 1 unspecified atom stereocenters. The SMILES string of the molecule is CNS(=O)(=O)c1ccc(C)c(C(=O)NC(C)c2ccc(OC(F)F)cc2)c1. The highest BCUT2D eigenvalue weighted by Gasteiger charge is 2.18. The summed E-state index contributed by atoms with van der Waals surface area (Å²) in [7, 11) is -2.38. The number of sulfonamides is 1. The molecule has 0 aliphatic rings. The third-order valence-electron chi connectivity index (χ3n) is 3.99. The lowest BCUT2D eigenvalue weighted by Crippen LogP contribution is -2.28. The van der Waals surface area contributed by atoms with Gasteiger partial charge in [0.2, 0.25) is 10.0 Å². The number of hydrogen-bond acceptors (Lipinski definition) is 4. The molecule has 146 valence electrons. The summed E-state index contributed by atoms with van der Waals surface area (Å²) in [5, 5.41) is 2.77. The molecular formula is C18H20F2N2O4S. The zero-order valence-electron chi connectivity index (χ0n) is 15.0. The molecule has 0 spiro atoms. The number of carbonyl (C=O) groups excluding carboxylic acids is 1. The summed E-state index contributed by atoms with van der Waals surface area (Å²) in [6, 6.07) is 9.76. The molecule has 0 bridgehead atoms. The molecule has 1 atom stereocenters. The van der Waals surface area contributed by atoms with Crippen molar-refractivity contribution < 1.29 is 26.7 Å². The Morgan fingerprint density at radius 2 is 1.74 bits per heavy atom. The predicted molar refractivity (Wildman–Crippen MR) is 96.4 cm³/mol. The second kappa shape index (κ2) is 8.45. The first-order chi connectivity index (χ1) is 12.6. The van der Waals surface area contributed by atoms with Gasteiger partial charge in [0.15, 0.2) is 0 Å². The third kappa shape index (κ3) is 5.24. The Morgan fingerprint density at radius 1 is 1.11 bits per heavy atom. The summed E-state index contributed by atoms with van der Waals surface area (Å²) in [5.74, 6) is -0.422. The molecule has 0 aliphatic carbocycles. The van der Waals surface area contributed by atoms with Gasteiger partial charge in [-0.2, -0.15) is 8.78 Å². The fourth-order valence-corrected chi connectivity index (χ4v) is 3.18. The lowest BCUT2D eigenvalue weighted by Gasteiger charge is -2.16. The largest absolute Gasteiger partial charge is 0.435 e. The minimum atomic E-state index is -3.67. The van der Waals surface area contributed by atoms with Crippen LogP contribution >= 0.6 is 0 Å². The summed E-state index contributed by atoms with van der Waals surface area (Å²) < 4.78 is 54.7. The average Bonchev–Trinajstić information content (AvgIpc) is 2.61. The van der Waals surface area contributed by atoms with E-state index >= 15 is 0 Å². The van der Waals surface area contributed by atoms with Gasteiger partial charge < -0.3 is 10.1 Å². The number of carbonyl (C=O) groups is 1. The van der Waals surface area contributed by atoms with Crippen LogP contribution in [0.5, 0.6) is 5.75 Å². The van der Waals surface area contributed by atoms with E-state index in [-0.39, 0.29) is 16.2 Å². The molecule has 0 heterocycles. The number of alkyl halides is 2. The molecule has 0 saturated carbocycles. The first-order valence-electron chi connectivity index (χ1n) is 8.04. The first-order valence-corrected chi connectivity index (χ1v) is 9.52. The van der Waals surface area contributed by atoms with Crippen molar-refractivity contribution in [2.24, 2.45) is 0 Å². The smallest absolute Gasteiger partial charge is 0.387 e. The maximum atomic E-state index is 12.6. The Morgan fingerprint density at radius 3 is 2.30 bits per heavy atom. The molecule has 2 aromatic carbocycles. The van der Waals surface area contributed by atoms with Gasteiger partial charge in [-0.3, -0.25) is 4.79 Å². The second-order valence-corrected chi connectivity index (χ2v) is 7.71. The Bertz CT molecular complexity index is 915. The monoisotopic (exact) mass is 398 g/mol. The van der Waals surface area contributed by atoms with E-state index in [4.69, 9.17) is 0 Å². The highest BCUT2D eigenvalue weighted by atomic mass is 32.2. The van der Waals surface area contributed by atoms with Crippen LogP contribution in [-0.4, -0.2) is 28.0 Å². The lowest BCUT2D eigenvalue weighted by molar-refractivity contribution is -0.0498. The van der Waals surface area contributed by atoms with Gasteiger partial charge in [0, 0.05) is 5.56 Å². The molecule has 27 heavy (non-hydrogen) atoms. The maximum absolute atomic E-state index is 12.6. The van der Waals surface area contributed by atoms with Crippen molar-refractivity contribution in [2.75, 3.05) is 7.05 Å². The minimum Gasteiger partial charge on any atom is -0.435 e. The normalized spacial score (nSPS) is 12.7. The zero-order chi connectivity index (χ0) is 20.2. The number of rotatable bonds is 7. The predicted octanol–water partition coefficient (Wildman–Crippen LogP) is 3.00. The highest BCUT2D eigenvalue weighted by molar-refractivity contribution is 7.89. The van der Waals surface area contributed by atoms with Crippen molar-refractivity contribution in [1.82, 2.24) is 10.0 Å². The molecule has 2 N–H and O–H groups in total. The van der Waals surface area contributed by atoms with Crippen LogP contribution in [0.25, 0.3) is 0 Å². The van der Waals surface area contributed by atoms with E-state index in [1.54, 1.807) is 32.0 Å². The van der Waals surface area contributed by atoms with E-state index in [1.165, 1.54) is 31.3 Å². The van der Waals surface area contributed by atoms with Crippen LogP contribution in [0.2, 0.25) is 0 Å². The van der Waals surface area contributed by atoms with Gasteiger partial charge >= 0.3 is 6.61 Å². The number of halogens is 2. The summed E-state index contributed by atoms with van der Waals surface area (Å²) in [5.41, 5.74) is 1.54. The van der Waals surface area contributed by atoms with Crippen molar-refractivity contribution >= 4 is 15.9 Å². The van der Waals surface area contributed by atoms with E-state index in [2.05, 4.69) is 14.8 Å². The number of aryl methyl sites for hydroxylation is 1. The van der Waals surface area contributed by atoms with Gasteiger partial charge in [-0.15, -0.1) is 0 Å². The quantitative estimate of drug-likeness (QED) is 0.751. The summed E-state index contributed by atoms with van der Waals surface area (Å²) in [4.78, 5) is 12.6.